The number of alkyl halides is 3. The van der Waals surface area contributed by atoms with Gasteiger partial charge in [0.25, 0.3) is 5.91 Å². The van der Waals surface area contributed by atoms with E-state index in [1.54, 1.807) is 19.2 Å². The summed E-state index contributed by atoms with van der Waals surface area (Å²) in [7, 11) is 1.80. The fourth-order valence-electron chi connectivity index (χ4n) is 2.67. The number of benzene rings is 1. The van der Waals surface area contributed by atoms with Gasteiger partial charge in [-0.2, -0.15) is 13.2 Å². The van der Waals surface area contributed by atoms with Gasteiger partial charge in [0.15, 0.2) is 0 Å². The molecule has 0 radical (unpaired) electrons. The molecule has 1 fully saturated rings. The lowest BCUT2D eigenvalue weighted by molar-refractivity contribution is -0.183. The van der Waals surface area contributed by atoms with Crippen molar-refractivity contribution in [3.8, 4) is 0 Å². The van der Waals surface area contributed by atoms with Crippen LogP contribution in [0.5, 0.6) is 0 Å². The van der Waals surface area contributed by atoms with Gasteiger partial charge in [0.2, 0.25) is 0 Å². The van der Waals surface area contributed by atoms with Gasteiger partial charge in [-0.05, 0) is 43.5 Å². The van der Waals surface area contributed by atoms with Crippen molar-refractivity contribution in [3.05, 3.63) is 29.3 Å². The highest BCUT2D eigenvalue weighted by atomic mass is 19.4. The molecule has 3 nitrogen and oxygen atoms in total. The molecule has 1 aliphatic rings. The first-order chi connectivity index (χ1) is 9.82. The molecule has 2 rings (SSSR count). The molecule has 21 heavy (non-hydrogen) atoms. The number of carbonyl (C=O) groups is 1. The summed E-state index contributed by atoms with van der Waals surface area (Å²) in [5.41, 5.74) is 2.40. The Morgan fingerprint density at radius 1 is 1.29 bits per heavy atom. The molecule has 6 heteroatoms. The van der Waals surface area contributed by atoms with Crippen LogP contribution in [0.2, 0.25) is 0 Å². The zero-order chi connectivity index (χ0) is 15.6. The van der Waals surface area contributed by atoms with Crippen molar-refractivity contribution >= 4 is 11.6 Å². The fourth-order valence-corrected chi connectivity index (χ4v) is 2.67. The third-order valence-corrected chi connectivity index (χ3v) is 3.99. The number of hydrogen-bond donors (Lipinski definition) is 1. The van der Waals surface area contributed by atoms with Crippen molar-refractivity contribution < 1.29 is 18.0 Å². The Bertz CT molecular complexity index is 520. The molecule has 0 aliphatic carbocycles. The quantitative estimate of drug-likeness (QED) is 0.907. The summed E-state index contributed by atoms with van der Waals surface area (Å²) in [5.74, 6) is -1.48. The number of amides is 1. The molecule has 116 valence electrons. The van der Waals surface area contributed by atoms with E-state index in [2.05, 4.69) is 5.32 Å². The molecular formula is C15H19F3N2O. The molecule has 0 saturated carbocycles. The smallest absolute Gasteiger partial charge is 0.388 e. The van der Waals surface area contributed by atoms with Crippen LogP contribution in [0.4, 0.5) is 18.9 Å². The van der Waals surface area contributed by atoms with Crippen LogP contribution < -0.4 is 5.32 Å². The average Bonchev–Trinajstić information content (AvgIpc) is 2.45. The number of halogens is 3. The van der Waals surface area contributed by atoms with E-state index < -0.39 is 12.1 Å². The number of aryl methyl sites for hydroxylation is 1. The van der Waals surface area contributed by atoms with Crippen LogP contribution >= 0.6 is 0 Å². The molecule has 0 atom stereocenters. The average molecular weight is 300 g/mol. The van der Waals surface area contributed by atoms with Crippen LogP contribution in [0.1, 0.15) is 28.8 Å². The number of likely N-dealkylation sites (tertiary alicyclic amines) is 1. The van der Waals surface area contributed by atoms with Crippen molar-refractivity contribution in [2.75, 3.05) is 25.5 Å². The molecule has 0 unspecified atom stereocenters. The van der Waals surface area contributed by atoms with E-state index >= 15 is 0 Å². The summed E-state index contributed by atoms with van der Waals surface area (Å²) in [6.07, 6.45) is -4.17. The van der Waals surface area contributed by atoms with Gasteiger partial charge >= 0.3 is 6.18 Å². The van der Waals surface area contributed by atoms with E-state index in [1.807, 2.05) is 13.0 Å². The van der Waals surface area contributed by atoms with Gasteiger partial charge in [0.1, 0.15) is 0 Å². The first-order valence-electron chi connectivity index (χ1n) is 6.97. The van der Waals surface area contributed by atoms with Crippen molar-refractivity contribution in [1.82, 2.24) is 4.90 Å². The minimum absolute atomic E-state index is 0.0111. The molecule has 0 bridgehead atoms. The van der Waals surface area contributed by atoms with Gasteiger partial charge in [-0.25, -0.2) is 0 Å². The third-order valence-electron chi connectivity index (χ3n) is 3.99. The number of nitrogens with zero attached hydrogens (tertiary/aromatic N) is 1. The summed E-state index contributed by atoms with van der Waals surface area (Å²) < 4.78 is 37.9. The maximum atomic E-state index is 12.6. The number of hydrogen-bond acceptors (Lipinski definition) is 2. The molecule has 1 saturated heterocycles. The predicted molar refractivity (Wildman–Crippen MR) is 75.4 cm³/mol. The molecule has 0 spiro atoms. The van der Waals surface area contributed by atoms with Crippen LogP contribution in [0, 0.1) is 12.8 Å². The Morgan fingerprint density at radius 2 is 1.90 bits per heavy atom. The standard InChI is InChI=1S/C15H19F3N2O/c1-10-9-11(3-4-13(10)19-2)14(21)20-7-5-12(6-8-20)15(16,17)18/h3-4,9,12,19H,5-8H2,1-2H3. The van der Waals surface area contributed by atoms with Gasteiger partial charge in [-0.1, -0.05) is 0 Å². The molecule has 1 heterocycles. The highest BCUT2D eigenvalue weighted by molar-refractivity contribution is 5.95. The maximum absolute atomic E-state index is 12.6. The Kier molecular flexibility index (Phi) is 4.44. The second kappa shape index (κ2) is 5.95. The molecule has 1 N–H and O–H groups in total. The second-order valence-electron chi connectivity index (χ2n) is 5.39. The number of rotatable bonds is 2. The lowest BCUT2D eigenvalue weighted by atomic mass is 9.95. The van der Waals surface area contributed by atoms with Gasteiger partial charge in [0.05, 0.1) is 5.92 Å². The van der Waals surface area contributed by atoms with Gasteiger partial charge in [-0.15, -0.1) is 0 Å². The highest BCUT2D eigenvalue weighted by Crippen LogP contribution is 2.34. The Hall–Kier alpha value is -1.72. The van der Waals surface area contributed by atoms with Crippen LogP contribution in [-0.2, 0) is 0 Å². The number of carbonyl (C=O) groups excluding carboxylic acids is 1. The van der Waals surface area contributed by atoms with Crippen molar-refractivity contribution in [2.24, 2.45) is 5.92 Å². The van der Waals surface area contributed by atoms with E-state index in [4.69, 9.17) is 0 Å². The number of piperidine rings is 1. The van der Waals surface area contributed by atoms with Gasteiger partial charge < -0.3 is 10.2 Å². The molecule has 0 aromatic heterocycles. The largest absolute Gasteiger partial charge is 0.391 e. The third kappa shape index (κ3) is 3.49. The van der Waals surface area contributed by atoms with Crippen LogP contribution in [-0.4, -0.2) is 37.1 Å². The van der Waals surface area contributed by atoms with Crippen molar-refractivity contribution in [2.45, 2.75) is 25.9 Å². The lowest BCUT2D eigenvalue weighted by Crippen LogP contribution is -2.42. The molecular weight excluding hydrogens is 281 g/mol. The zero-order valence-electron chi connectivity index (χ0n) is 12.1. The van der Waals surface area contributed by atoms with Gasteiger partial charge in [-0.3, -0.25) is 4.79 Å². The maximum Gasteiger partial charge on any atom is 0.391 e. The van der Waals surface area contributed by atoms with E-state index in [9.17, 15) is 18.0 Å². The SMILES string of the molecule is CNc1ccc(C(=O)N2CCC(C(F)(F)F)CC2)cc1C. The number of nitrogens with one attached hydrogen (secondary N) is 1. The first-order valence-corrected chi connectivity index (χ1v) is 6.97. The summed E-state index contributed by atoms with van der Waals surface area (Å²) in [5, 5.41) is 3.01. The Morgan fingerprint density at radius 3 is 2.38 bits per heavy atom. The highest BCUT2D eigenvalue weighted by Gasteiger charge is 2.41. The van der Waals surface area contributed by atoms with E-state index in [0.29, 0.717) is 5.56 Å². The summed E-state index contributed by atoms with van der Waals surface area (Å²) in [6, 6.07) is 5.28. The minimum atomic E-state index is -4.15. The minimum Gasteiger partial charge on any atom is -0.388 e. The molecule has 1 aliphatic heterocycles. The monoisotopic (exact) mass is 300 g/mol. The summed E-state index contributed by atoms with van der Waals surface area (Å²) >= 11 is 0. The second-order valence-corrected chi connectivity index (χ2v) is 5.39. The van der Waals surface area contributed by atoms with Crippen molar-refractivity contribution in [3.63, 3.8) is 0 Å². The van der Waals surface area contributed by atoms with Crippen molar-refractivity contribution in [1.29, 1.82) is 0 Å². The van der Waals surface area contributed by atoms with Crippen LogP contribution in [0.25, 0.3) is 0 Å². The Balaban J connectivity index is 2.04. The van der Waals surface area contributed by atoms with E-state index in [0.717, 1.165) is 11.3 Å². The summed E-state index contributed by atoms with van der Waals surface area (Å²) in [6.45, 7) is 2.21. The molecule has 1 amide bonds. The van der Waals surface area contributed by atoms with Crippen LogP contribution in [0.3, 0.4) is 0 Å². The molecule has 1 aromatic rings. The number of anilines is 1. The predicted octanol–water partition coefficient (Wildman–Crippen LogP) is 3.45. The molecule has 1 aromatic carbocycles. The zero-order valence-corrected chi connectivity index (χ0v) is 12.1. The topological polar surface area (TPSA) is 32.3 Å². The fraction of sp³-hybridized carbons (Fsp3) is 0.533. The lowest BCUT2D eigenvalue weighted by Gasteiger charge is -2.33. The summed E-state index contributed by atoms with van der Waals surface area (Å²) in [4.78, 5) is 13.8. The normalized spacial score (nSPS) is 16.9. The van der Waals surface area contributed by atoms with E-state index in [1.165, 1.54) is 4.90 Å². The first kappa shape index (κ1) is 15.7. The van der Waals surface area contributed by atoms with E-state index in [-0.39, 0.29) is 31.8 Å². The van der Waals surface area contributed by atoms with Gasteiger partial charge in [0, 0.05) is 31.4 Å². The Labute approximate surface area is 122 Å². The van der Waals surface area contributed by atoms with Crippen LogP contribution in [0.15, 0.2) is 18.2 Å².